The fourth-order valence-electron chi connectivity index (χ4n) is 6.79. The Hall–Kier alpha value is -4.50. The van der Waals surface area contributed by atoms with Crippen LogP contribution in [0, 0.1) is 18.8 Å². The van der Waals surface area contributed by atoms with Crippen LogP contribution in [0.5, 0.6) is 0 Å². The van der Waals surface area contributed by atoms with Gasteiger partial charge < -0.3 is 21.7 Å². The van der Waals surface area contributed by atoms with Gasteiger partial charge in [0.2, 0.25) is 27.7 Å². The Morgan fingerprint density at radius 1 is 0.920 bits per heavy atom. The van der Waals surface area contributed by atoms with Crippen molar-refractivity contribution in [3.05, 3.63) is 77.9 Å². The van der Waals surface area contributed by atoms with Gasteiger partial charge in [0.05, 0.1) is 4.90 Å². The molecule has 7 N–H and O–H groups in total. The number of aromatic amines is 1. The van der Waals surface area contributed by atoms with E-state index in [4.69, 9.17) is 5.73 Å². The van der Waals surface area contributed by atoms with Gasteiger partial charge in [0, 0.05) is 29.6 Å². The molecule has 2 aliphatic rings. The molecular formula is C36H45N9O4S. The first kappa shape index (κ1) is 35.3. The van der Waals surface area contributed by atoms with Crippen LogP contribution < -0.4 is 26.4 Å². The molecule has 1 aromatic heterocycles. The highest BCUT2D eigenvalue weighted by atomic mass is 32.2. The van der Waals surface area contributed by atoms with Crippen LogP contribution in [-0.2, 0) is 26.0 Å². The number of amides is 2. The molecule has 14 heteroatoms. The Morgan fingerprint density at radius 3 is 2.26 bits per heavy atom. The summed E-state index contributed by atoms with van der Waals surface area (Å²) >= 11 is 0. The molecule has 1 atom stereocenters. The number of aromatic nitrogens is 4. The number of anilines is 1. The summed E-state index contributed by atoms with van der Waals surface area (Å²) in [6.45, 7) is 4.12. The largest absolute Gasteiger partial charge is 0.344 e. The first-order valence-corrected chi connectivity index (χ1v) is 18.7. The molecule has 3 aromatic carbocycles. The predicted molar refractivity (Wildman–Crippen MR) is 191 cm³/mol. The molecule has 0 spiro atoms. The summed E-state index contributed by atoms with van der Waals surface area (Å²) in [5.41, 5.74) is 10.7. The van der Waals surface area contributed by atoms with Crippen LogP contribution in [0.25, 0.3) is 22.5 Å². The Labute approximate surface area is 292 Å². The number of nitrogens with one attached hydrogen (secondary N) is 5. The van der Waals surface area contributed by atoms with Crippen molar-refractivity contribution in [2.45, 2.75) is 68.8 Å². The number of benzene rings is 3. The highest BCUT2D eigenvalue weighted by Crippen LogP contribution is 2.29. The number of carbonyl (C=O) groups is 2. The highest BCUT2D eigenvalue weighted by molar-refractivity contribution is 7.89. The number of rotatable bonds is 12. The minimum atomic E-state index is -3.63. The lowest BCUT2D eigenvalue weighted by Crippen LogP contribution is -2.48. The lowest BCUT2D eigenvalue weighted by molar-refractivity contribution is -0.130. The number of carbonyl (C=O) groups excluding carboxylic acids is 2. The molecule has 1 saturated heterocycles. The first-order chi connectivity index (χ1) is 24.2. The van der Waals surface area contributed by atoms with Crippen molar-refractivity contribution in [2.75, 3.05) is 25.0 Å². The molecule has 1 aliphatic carbocycles. The normalized spacial score (nSPS) is 19.1. The number of hydrogen-bond acceptors (Lipinski definition) is 9. The third-order valence-electron chi connectivity index (χ3n) is 9.81. The fourth-order valence-corrected chi connectivity index (χ4v) is 8.18. The topological polar surface area (TPSA) is 197 Å². The number of H-pyrrole nitrogens is 1. The second-order valence-corrected chi connectivity index (χ2v) is 15.1. The standard InChI is InChI=1S/C36H45N9O4S/c1-23-20-31(50(48,49)43-30-16-18-38-19-17-30)14-15-32(23)26-6-2-24(3-7-26)21-33(40-35(46)28-8-4-25(22-37)5-9-28)36(47)39-29-12-10-27(11-13-29)34-41-44-45-42-34/h2-3,6-7,10-15,20,25,28,30,33,38,43H,4-5,8-9,16-19,21-22,37H2,1H3,(H,39,47)(H,40,46)(H,41,42,44,45). The molecule has 1 saturated carbocycles. The number of sulfonamides is 1. The van der Waals surface area contributed by atoms with Crippen LogP contribution in [0.2, 0.25) is 0 Å². The quantitative estimate of drug-likeness (QED) is 0.129. The van der Waals surface area contributed by atoms with Gasteiger partial charge in [-0.3, -0.25) is 9.59 Å². The molecule has 1 unspecified atom stereocenters. The number of piperidine rings is 1. The molecular weight excluding hydrogens is 655 g/mol. The van der Waals surface area contributed by atoms with E-state index in [1.807, 2.05) is 37.3 Å². The molecule has 4 aromatic rings. The van der Waals surface area contributed by atoms with Gasteiger partial charge in [-0.05, 0) is 135 Å². The lowest BCUT2D eigenvalue weighted by Gasteiger charge is -2.28. The number of nitrogens with zero attached hydrogens (tertiary/aromatic N) is 3. The molecule has 2 fully saturated rings. The van der Waals surface area contributed by atoms with E-state index in [0.717, 1.165) is 79.4 Å². The molecule has 1 aliphatic heterocycles. The van der Waals surface area contributed by atoms with Gasteiger partial charge in [-0.1, -0.05) is 30.3 Å². The molecule has 0 bridgehead atoms. The van der Waals surface area contributed by atoms with Crippen LogP contribution in [-0.4, -0.2) is 72.6 Å². The number of aryl methyl sites for hydroxylation is 1. The zero-order chi connectivity index (χ0) is 35.1. The Balaban J connectivity index is 1.15. The minimum Gasteiger partial charge on any atom is -0.344 e. The minimum absolute atomic E-state index is 0.0704. The maximum Gasteiger partial charge on any atom is 0.247 e. The van der Waals surface area contributed by atoms with E-state index in [1.165, 1.54) is 0 Å². The number of hydrogen-bond donors (Lipinski definition) is 6. The highest BCUT2D eigenvalue weighted by Gasteiger charge is 2.30. The van der Waals surface area contributed by atoms with E-state index in [9.17, 15) is 18.0 Å². The monoisotopic (exact) mass is 699 g/mol. The van der Waals surface area contributed by atoms with Crippen molar-refractivity contribution < 1.29 is 18.0 Å². The summed E-state index contributed by atoms with van der Waals surface area (Å²) in [5, 5.41) is 23.2. The Bertz CT molecular complexity index is 1850. The zero-order valence-corrected chi connectivity index (χ0v) is 29.0. The number of tetrazole rings is 1. The average molecular weight is 700 g/mol. The van der Waals surface area contributed by atoms with Gasteiger partial charge in [0.1, 0.15) is 6.04 Å². The van der Waals surface area contributed by atoms with Crippen LogP contribution in [0.3, 0.4) is 0 Å². The van der Waals surface area contributed by atoms with E-state index in [1.54, 1.807) is 36.4 Å². The lowest BCUT2D eigenvalue weighted by atomic mass is 9.81. The van der Waals surface area contributed by atoms with Crippen LogP contribution in [0.15, 0.2) is 71.6 Å². The van der Waals surface area contributed by atoms with E-state index >= 15 is 0 Å². The first-order valence-electron chi connectivity index (χ1n) is 17.3. The summed E-state index contributed by atoms with van der Waals surface area (Å²) in [7, 11) is -3.63. The van der Waals surface area contributed by atoms with Crippen molar-refractivity contribution in [1.29, 1.82) is 0 Å². The van der Waals surface area contributed by atoms with E-state index in [2.05, 4.69) is 41.3 Å². The molecule has 50 heavy (non-hydrogen) atoms. The Morgan fingerprint density at radius 2 is 1.62 bits per heavy atom. The third-order valence-corrected chi connectivity index (χ3v) is 11.3. The van der Waals surface area contributed by atoms with Gasteiger partial charge in [0.15, 0.2) is 0 Å². The summed E-state index contributed by atoms with van der Waals surface area (Å²) < 4.78 is 29.0. The van der Waals surface area contributed by atoms with E-state index < -0.39 is 16.1 Å². The molecule has 0 radical (unpaired) electrons. The predicted octanol–water partition coefficient (Wildman–Crippen LogP) is 3.30. The zero-order valence-electron chi connectivity index (χ0n) is 28.2. The smallest absolute Gasteiger partial charge is 0.247 e. The van der Waals surface area contributed by atoms with Crippen LogP contribution in [0.1, 0.15) is 49.7 Å². The van der Waals surface area contributed by atoms with Crippen molar-refractivity contribution in [3.8, 4) is 22.5 Å². The third kappa shape index (κ3) is 8.80. The maximum atomic E-state index is 13.7. The van der Waals surface area contributed by atoms with E-state index in [0.29, 0.717) is 24.0 Å². The van der Waals surface area contributed by atoms with Gasteiger partial charge >= 0.3 is 0 Å². The second-order valence-electron chi connectivity index (χ2n) is 13.3. The summed E-state index contributed by atoms with van der Waals surface area (Å²) in [6.07, 6.45) is 5.13. The van der Waals surface area contributed by atoms with Crippen molar-refractivity contribution in [1.82, 2.24) is 36.0 Å². The molecule has 6 rings (SSSR count). The fraction of sp³-hybridized carbons (Fsp3) is 0.417. The average Bonchev–Trinajstić information content (AvgIpc) is 3.68. The van der Waals surface area contributed by atoms with Gasteiger partial charge in [0.25, 0.3) is 0 Å². The van der Waals surface area contributed by atoms with Crippen molar-refractivity contribution >= 4 is 27.5 Å². The van der Waals surface area contributed by atoms with Gasteiger partial charge in [-0.2, -0.15) is 5.21 Å². The van der Waals surface area contributed by atoms with Gasteiger partial charge in [-0.25, -0.2) is 13.1 Å². The van der Waals surface area contributed by atoms with E-state index in [-0.39, 0.29) is 35.1 Å². The van der Waals surface area contributed by atoms with Crippen LogP contribution in [0.4, 0.5) is 5.69 Å². The van der Waals surface area contributed by atoms with Crippen LogP contribution >= 0.6 is 0 Å². The summed E-state index contributed by atoms with van der Waals surface area (Å²) in [5.74, 6) is 0.282. The summed E-state index contributed by atoms with van der Waals surface area (Å²) in [4.78, 5) is 27.3. The number of nitrogens with two attached hydrogens (primary N) is 1. The van der Waals surface area contributed by atoms with Gasteiger partial charge in [-0.15, -0.1) is 10.2 Å². The maximum absolute atomic E-state index is 13.7. The van der Waals surface area contributed by atoms with Crippen molar-refractivity contribution in [3.63, 3.8) is 0 Å². The SMILES string of the molecule is Cc1cc(S(=O)(=O)NC2CCNCC2)ccc1-c1ccc(CC(NC(=O)C2CCC(CN)CC2)C(=O)Nc2ccc(-c3nn[nH]n3)cc2)cc1. The summed E-state index contributed by atoms with van der Waals surface area (Å²) in [6, 6.07) is 19.2. The molecule has 2 heterocycles. The molecule has 13 nitrogen and oxygen atoms in total. The molecule has 2 amide bonds. The molecule has 264 valence electrons. The Kier molecular flexibility index (Phi) is 11.3. The van der Waals surface area contributed by atoms with Crippen molar-refractivity contribution in [2.24, 2.45) is 17.6 Å². The second kappa shape index (κ2) is 16.0.